The summed E-state index contributed by atoms with van der Waals surface area (Å²) in [5, 5.41) is 11.0. The predicted octanol–water partition coefficient (Wildman–Crippen LogP) is 2.73. The van der Waals surface area contributed by atoms with Gasteiger partial charge in [-0.2, -0.15) is 0 Å². The number of benzene rings is 1. The maximum atomic E-state index is 12.6. The second-order valence-corrected chi connectivity index (χ2v) is 6.68. The van der Waals surface area contributed by atoms with E-state index in [2.05, 4.69) is 9.97 Å². The summed E-state index contributed by atoms with van der Waals surface area (Å²) >= 11 is 5.90. The fourth-order valence-electron chi connectivity index (χ4n) is 3.04. The van der Waals surface area contributed by atoms with Crippen LogP contribution in [0.15, 0.2) is 49.2 Å². The van der Waals surface area contributed by atoms with E-state index >= 15 is 0 Å². The minimum atomic E-state index is -0.0426. The molecule has 0 radical (unpaired) electrons. The van der Waals surface area contributed by atoms with Crippen LogP contribution < -0.4 is 4.74 Å². The Hall–Kier alpha value is -3.06. The first kappa shape index (κ1) is 17.4. The SMILES string of the molecule is O=C(Cn1ccnc1)N1CCOc2c(O)cc(-c3ccc(Cl)cn3)cc2C1. The van der Waals surface area contributed by atoms with Gasteiger partial charge in [-0.15, -0.1) is 0 Å². The Morgan fingerprint density at radius 1 is 1.33 bits per heavy atom. The molecule has 0 atom stereocenters. The number of aromatic hydroxyl groups is 1. The van der Waals surface area contributed by atoms with Crippen molar-refractivity contribution in [3.63, 3.8) is 0 Å². The molecule has 0 fully saturated rings. The lowest BCUT2D eigenvalue weighted by atomic mass is 10.0. The van der Waals surface area contributed by atoms with E-state index in [9.17, 15) is 9.90 Å². The quantitative estimate of drug-likeness (QED) is 0.751. The molecule has 27 heavy (non-hydrogen) atoms. The second-order valence-electron chi connectivity index (χ2n) is 6.24. The Kier molecular flexibility index (Phi) is 4.68. The standard InChI is InChI=1S/C19H17ClN4O3/c20-15-1-2-16(22-9-15)13-7-14-10-24(5-6-27-19(14)17(25)8-13)18(26)11-23-4-3-21-12-23/h1-4,7-9,12,25H,5-6,10-11H2. The fraction of sp³-hybridized carbons (Fsp3) is 0.211. The number of amides is 1. The number of phenolic OH excluding ortho intramolecular Hbond substituents is 1. The van der Waals surface area contributed by atoms with Crippen molar-refractivity contribution in [1.29, 1.82) is 0 Å². The number of hydrogen-bond donors (Lipinski definition) is 1. The highest BCUT2D eigenvalue weighted by atomic mass is 35.5. The molecule has 1 aromatic carbocycles. The first-order valence-corrected chi connectivity index (χ1v) is 8.82. The Bertz CT molecular complexity index is 958. The Labute approximate surface area is 160 Å². The predicted molar refractivity (Wildman–Crippen MR) is 99.5 cm³/mol. The van der Waals surface area contributed by atoms with Crippen LogP contribution in [0.1, 0.15) is 5.56 Å². The van der Waals surface area contributed by atoms with E-state index in [4.69, 9.17) is 16.3 Å². The van der Waals surface area contributed by atoms with E-state index < -0.39 is 0 Å². The third-order valence-corrected chi connectivity index (χ3v) is 4.59. The first-order chi connectivity index (χ1) is 13.1. The number of hydrogen-bond acceptors (Lipinski definition) is 5. The van der Waals surface area contributed by atoms with Crippen molar-refractivity contribution in [2.24, 2.45) is 0 Å². The van der Waals surface area contributed by atoms with E-state index in [1.807, 2.05) is 6.07 Å². The summed E-state index contributed by atoms with van der Waals surface area (Å²) in [5.41, 5.74) is 2.15. The molecular formula is C19H17ClN4O3. The highest BCUT2D eigenvalue weighted by Gasteiger charge is 2.23. The van der Waals surface area contributed by atoms with E-state index in [1.54, 1.807) is 52.6 Å². The lowest BCUT2D eigenvalue weighted by Crippen LogP contribution is -2.34. The lowest BCUT2D eigenvalue weighted by Gasteiger charge is -2.20. The van der Waals surface area contributed by atoms with Crippen LogP contribution in [0.5, 0.6) is 11.5 Å². The number of nitrogens with zero attached hydrogens (tertiary/aromatic N) is 4. The molecule has 0 spiro atoms. The zero-order valence-corrected chi connectivity index (χ0v) is 15.1. The molecule has 7 nitrogen and oxygen atoms in total. The Morgan fingerprint density at radius 3 is 2.96 bits per heavy atom. The summed E-state index contributed by atoms with van der Waals surface area (Å²) < 4.78 is 7.42. The van der Waals surface area contributed by atoms with Gasteiger partial charge >= 0.3 is 0 Å². The average Bonchev–Trinajstić information content (AvgIpc) is 3.06. The van der Waals surface area contributed by atoms with Crippen LogP contribution >= 0.6 is 11.6 Å². The maximum Gasteiger partial charge on any atom is 0.242 e. The third kappa shape index (κ3) is 3.73. The number of fused-ring (bicyclic) bond motifs is 1. The summed E-state index contributed by atoms with van der Waals surface area (Å²) in [4.78, 5) is 22.6. The van der Waals surface area contributed by atoms with Crippen LogP contribution in [0.25, 0.3) is 11.3 Å². The molecule has 1 aliphatic heterocycles. The number of imidazole rings is 1. The molecule has 3 aromatic rings. The molecule has 1 aliphatic rings. The summed E-state index contributed by atoms with van der Waals surface area (Å²) in [6, 6.07) is 7.01. The number of carbonyl (C=O) groups is 1. The molecule has 0 aliphatic carbocycles. The van der Waals surface area contributed by atoms with Gasteiger partial charge in [0, 0.05) is 36.3 Å². The van der Waals surface area contributed by atoms with E-state index in [0.29, 0.717) is 36.2 Å². The van der Waals surface area contributed by atoms with Crippen molar-refractivity contribution in [2.45, 2.75) is 13.1 Å². The smallest absolute Gasteiger partial charge is 0.242 e. The third-order valence-electron chi connectivity index (χ3n) is 4.37. The van der Waals surface area contributed by atoms with Crippen molar-refractivity contribution in [3.8, 4) is 22.8 Å². The number of phenols is 1. The number of pyridine rings is 1. The van der Waals surface area contributed by atoms with E-state index in [-0.39, 0.29) is 18.2 Å². The highest BCUT2D eigenvalue weighted by molar-refractivity contribution is 6.30. The van der Waals surface area contributed by atoms with Gasteiger partial charge in [0.25, 0.3) is 0 Å². The molecule has 0 unspecified atom stereocenters. The van der Waals surface area contributed by atoms with Crippen molar-refractivity contribution in [2.75, 3.05) is 13.2 Å². The number of carbonyl (C=O) groups excluding carboxylic acids is 1. The molecule has 0 saturated heterocycles. The topological polar surface area (TPSA) is 80.5 Å². The maximum absolute atomic E-state index is 12.6. The van der Waals surface area contributed by atoms with Gasteiger partial charge in [-0.1, -0.05) is 11.6 Å². The Morgan fingerprint density at radius 2 is 2.22 bits per heavy atom. The van der Waals surface area contributed by atoms with E-state index in [0.717, 1.165) is 11.1 Å². The molecule has 0 saturated carbocycles. The van der Waals surface area contributed by atoms with Crippen LogP contribution in [0.3, 0.4) is 0 Å². The molecule has 2 aromatic heterocycles. The van der Waals surface area contributed by atoms with Crippen molar-refractivity contribution >= 4 is 17.5 Å². The molecule has 4 rings (SSSR count). The number of ether oxygens (including phenoxy) is 1. The highest BCUT2D eigenvalue weighted by Crippen LogP contribution is 2.37. The van der Waals surface area contributed by atoms with Gasteiger partial charge in [0.05, 0.1) is 23.6 Å². The van der Waals surface area contributed by atoms with Gasteiger partial charge in [-0.25, -0.2) is 4.98 Å². The molecule has 1 amide bonds. The van der Waals surface area contributed by atoms with Crippen LogP contribution in [0.4, 0.5) is 0 Å². The van der Waals surface area contributed by atoms with Gasteiger partial charge in [-0.05, 0) is 24.3 Å². The van der Waals surface area contributed by atoms with Gasteiger partial charge in [0.2, 0.25) is 5.91 Å². The molecular weight excluding hydrogens is 368 g/mol. The number of rotatable bonds is 3. The van der Waals surface area contributed by atoms with E-state index in [1.165, 1.54) is 0 Å². The molecule has 138 valence electrons. The zero-order chi connectivity index (χ0) is 18.8. The molecule has 1 N–H and O–H groups in total. The van der Waals surface area contributed by atoms with Crippen molar-refractivity contribution in [1.82, 2.24) is 19.4 Å². The van der Waals surface area contributed by atoms with Crippen LogP contribution in [0, 0.1) is 0 Å². The second kappa shape index (κ2) is 7.28. The zero-order valence-electron chi connectivity index (χ0n) is 14.4. The number of aromatic nitrogens is 3. The van der Waals surface area contributed by atoms with Gasteiger partial charge in [0.15, 0.2) is 11.5 Å². The van der Waals surface area contributed by atoms with Gasteiger partial charge in [0.1, 0.15) is 13.2 Å². The van der Waals surface area contributed by atoms with Gasteiger partial charge < -0.3 is 19.3 Å². The largest absolute Gasteiger partial charge is 0.504 e. The summed E-state index contributed by atoms with van der Waals surface area (Å²) in [6.07, 6.45) is 6.54. The Balaban J connectivity index is 1.62. The fourth-order valence-corrected chi connectivity index (χ4v) is 3.15. The average molecular weight is 385 g/mol. The minimum Gasteiger partial charge on any atom is -0.504 e. The first-order valence-electron chi connectivity index (χ1n) is 8.44. The summed E-state index contributed by atoms with van der Waals surface area (Å²) in [6.45, 7) is 1.31. The summed E-state index contributed by atoms with van der Waals surface area (Å²) in [7, 11) is 0. The normalized spacial score (nSPS) is 13.6. The minimum absolute atomic E-state index is 0.0307. The number of halogens is 1. The van der Waals surface area contributed by atoms with Crippen molar-refractivity contribution < 1.29 is 14.6 Å². The van der Waals surface area contributed by atoms with Crippen LogP contribution in [-0.4, -0.2) is 43.6 Å². The van der Waals surface area contributed by atoms with Crippen molar-refractivity contribution in [3.05, 3.63) is 59.8 Å². The lowest BCUT2D eigenvalue weighted by molar-refractivity contribution is -0.132. The molecule has 3 heterocycles. The molecule has 8 heteroatoms. The molecule has 0 bridgehead atoms. The van der Waals surface area contributed by atoms with Crippen LogP contribution in [-0.2, 0) is 17.9 Å². The summed E-state index contributed by atoms with van der Waals surface area (Å²) in [5.74, 6) is 0.396. The van der Waals surface area contributed by atoms with Crippen LogP contribution in [0.2, 0.25) is 5.02 Å². The van der Waals surface area contributed by atoms with Gasteiger partial charge in [-0.3, -0.25) is 9.78 Å². The monoisotopic (exact) mass is 384 g/mol.